The molecule has 0 bridgehead atoms. The number of likely N-dealkylation sites (tertiary alicyclic amines) is 1. The Kier molecular flexibility index (Phi) is 3.15. The molecule has 1 aromatic carbocycles. The summed E-state index contributed by atoms with van der Waals surface area (Å²) in [5.41, 5.74) is 0.777. The second-order valence-electron chi connectivity index (χ2n) is 4.94. The largest absolute Gasteiger partial charge is 0.388 e. The number of halogens is 1. The van der Waals surface area contributed by atoms with Gasteiger partial charge in [-0.25, -0.2) is 0 Å². The monoisotopic (exact) mass is 253 g/mol. The van der Waals surface area contributed by atoms with Crippen LogP contribution in [0, 0.1) is 6.92 Å². The summed E-state index contributed by atoms with van der Waals surface area (Å²) in [5.74, 6) is -0.0651. The van der Waals surface area contributed by atoms with Gasteiger partial charge in [0, 0.05) is 23.7 Å². The number of amides is 1. The Hall–Kier alpha value is -1.06. The molecule has 0 saturated carbocycles. The van der Waals surface area contributed by atoms with Gasteiger partial charge in [0.05, 0.1) is 5.60 Å². The fourth-order valence-electron chi connectivity index (χ4n) is 2.03. The van der Waals surface area contributed by atoms with Crippen molar-refractivity contribution in [2.24, 2.45) is 0 Å². The number of carbonyl (C=O) groups excluding carboxylic acids is 1. The fraction of sp³-hybridized carbons (Fsp3) is 0.462. The first-order valence-corrected chi connectivity index (χ1v) is 6.05. The van der Waals surface area contributed by atoms with E-state index in [2.05, 4.69) is 0 Å². The molecular formula is C13H16ClNO2. The van der Waals surface area contributed by atoms with Gasteiger partial charge in [0.25, 0.3) is 5.91 Å². The fourth-order valence-corrected chi connectivity index (χ4v) is 2.21. The van der Waals surface area contributed by atoms with Crippen LogP contribution in [0.3, 0.4) is 0 Å². The molecule has 1 fully saturated rings. The van der Waals surface area contributed by atoms with E-state index >= 15 is 0 Å². The van der Waals surface area contributed by atoms with Crippen LogP contribution in [0.2, 0.25) is 5.02 Å². The number of rotatable bonds is 1. The third-order valence-electron chi connectivity index (χ3n) is 3.16. The van der Waals surface area contributed by atoms with Crippen LogP contribution >= 0.6 is 11.6 Å². The minimum absolute atomic E-state index is 0.0651. The Morgan fingerprint density at radius 2 is 2.24 bits per heavy atom. The topological polar surface area (TPSA) is 40.5 Å². The van der Waals surface area contributed by atoms with Gasteiger partial charge in [0.1, 0.15) is 0 Å². The van der Waals surface area contributed by atoms with Crippen LogP contribution in [-0.4, -0.2) is 34.6 Å². The molecule has 1 heterocycles. The zero-order valence-electron chi connectivity index (χ0n) is 10.0. The highest BCUT2D eigenvalue weighted by molar-refractivity contribution is 6.31. The molecular weight excluding hydrogens is 238 g/mol. The molecule has 17 heavy (non-hydrogen) atoms. The van der Waals surface area contributed by atoms with E-state index in [0.717, 1.165) is 5.56 Å². The summed E-state index contributed by atoms with van der Waals surface area (Å²) < 4.78 is 0. The van der Waals surface area contributed by atoms with Gasteiger partial charge in [-0.15, -0.1) is 0 Å². The summed E-state index contributed by atoms with van der Waals surface area (Å²) in [6.07, 6.45) is 0.623. The van der Waals surface area contributed by atoms with Crippen molar-refractivity contribution in [2.75, 3.05) is 13.1 Å². The molecule has 0 aliphatic carbocycles. The van der Waals surface area contributed by atoms with Crippen molar-refractivity contribution in [3.63, 3.8) is 0 Å². The van der Waals surface area contributed by atoms with Crippen molar-refractivity contribution >= 4 is 17.5 Å². The average molecular weight is 254 g/mol. The smallest absolute Gasteiger partial charge is 0.254 e. The molecule has 0 radical (unpaired) electrons. The quantitative estimate of drug-likeness (QED) is 0.834. The number of β-amino-alcohol motifs (C(OH)–C–C–N with tert-alkyl or cyclic N) is 1. The maximum atomic E-state index is 12.2. The summed E-state index contributed by atoms with van der Waals surface area (Å²) in [4.78, 5) is 13.8. The average Bonchev–Trinajstić information content (AvgIpc) is 2.62. The molecule has 1 amide bonds. The van der Waals surface area contributed by atoms with E-state index in [4.69, 9.17) is 11.6 Å². The van der Waals surface area contributed by atoms with Gasteiger partial charge in [0.15, 0.2) is 0 Å². The molecule has 1 atom stereocenters. The molecule has 2 rings (SSSR count). The SMILES string of the molecule is Cc1ccc(C(=O)N2CCC(C)(O)C2)cc1Cl. The number of aryl methyl sites for hydroxylation is 1. The van der Waals surface area contributed by atoms with Gasteiger partial charge in [-0.3, -0.25) is 4.79 Å². The Morgan fingerprint density at radius 1 is 1.53 bits per heavy atom. The van der Waals surface area contributed by atoms with Crippen LogP contribution in [-0.2, 0) is 0 Å². The van der Waals surface area contributed by atoms with E-state index in [9.17, 15) is 9.90 Å². The first-order chi connectivity index (χ1) is 7.89. The maximum absolute atomic E-state index is 12.2. The van der Waals surface area contributed by atoms with Crippen LogP contribution in [0.1, 0.15) is 29.3 Å². The van der Waals surface area contributed by atoms with Crippen molar-refractivity contribution < 1.29 is 9.90 Å². The van der Waals surface area contributed by atoms with Crippen molar-refractivity contribution in [3.05, 3.63) is 34.3 Å². The minimum Gasteiger partial charge on any atom is -0.388 e. The third-order valence-corrected chi connectivity index (χ3v) is 3.56. The van der Waals surface area contributed by atoms with Crippen molar-refractivity contribution in [1.82, 2.24) is 4.90 Å². The standard InChI is InChI=1S/C13H16ClNO2/c1-9-3-4-10(7-11(9)14)12(16)15-6-5-13(2,17)8-15/h3-4,7,17H,5-6,8H2,1-2H3. The highest BCUT2D eigenvalue weighted by atomic mass is 35.5. The Morgan fingerprint density at radius 3 is 2.76 bits per heavy atom. The van der Waals surface area contributed by atoms with Gasteiger partial charge >= 0.3 is 0 Å². The van der Waals surface area contributed by atoms with E-state index in [1.165, 1.54) is 0 Å². The maximum Gasteiger partial charge on any atom is 0.254 e. The number of hydrogen-bond donors (Lipinski definition) is 1. The zero-order chi connectivity index (χ0) is 12.6. The normalized spacial score (nSPS) is 24.1. The van der Waals surface area contributed by atoms with Crippen LogP contribution in [0.25, 0.3) is 0 Å². The zero-order valence-corrected chi connectivity index (χ0v) is 10.8. The number of hydrogen-bond acceptors (Lipinski definition) is 2. The Balaban J connectivity index is 2.18. The first kappa shape index (κ1) is 12.4. The molecule has 1 aliphatic rings. The molecule has 0 spiro atoms. The molecule has 1 saturated heterocycles. The molecule has 92 valence electrons. The van der Waals surface area contributed by atoms with E-state index < -0.39 is 5.60 Å². The summed E-state index contributed by atoms with van der Waals surface area (Å²) >= 11 is 6.00. The van der Waals surface area contributed by atoms with E-state index in [1.807, 2.05) is 13.0 Å². The molecule has 0 aromatic heterocycles. The second-order valence-corrected chi connectivity index (χ2v) is 5.34. The molecule has 1 aliphatic heterocycles. The number of carbonyl (C=O) groups is 1. The van der Waals surface area contributed by atoms with Gasteiger partial charge in [-0.05, 0) is 38.0 Å². The minimum atomic E-state index is -0.760. The predicted octanol–water partition coefficient (Wildman–Crippen LogP) is 2.25. The van der Waals surface area contributed by atoms with Crippen molar-refractivity contribution in [2.45, 2.75) is 25.9 Å². The number of benzene rings is 1. The molecule has 1 N–H and O–H groups in total. The lowest BCUT2D eigenvalue weighted by molar-refractivity contribution is 0.0572. The van der Waals surface area contributed by atoms with Crippen LogP contribution in [0.5, 0.6) is 0 Å². The number of aliphatic hydroxyl groups is 1. The molecule has 3 nitrogen and oxygen atoms in total. The summed E-state index contributed by atoms with van der Waals surface area (Å²) in [6.45, 7) is 4.63. The lowest BCUT2D eigenvalue weighted by Gasteiger charge is -2.19. The summed E-state index contributed by atoms with van der Waals surface area (Å²) in [5, 5.41) is 10.4. The van der Waals surface area contributed by atoms with Crippen molar-refractivity contribution in [3.8, 4) is 0 Å². The van der Waals surface area contributed by atoms with Crippen molar-refractivity contribution in [1.29, 1.82) is 0 Å². The van der Waals surface area contributed by atoms with E-state index in [-0.39, 0.29) is 5.91 Å². The van der Waals surface area contributed by atoms with Gasteiger partial charge < -0.3 is 10.0 Å². The second kappa shape index (κ2) is 4.31. The van der Waals surface area contributed by atoms with E-state index in [0.29, 0.717) is 30.1 Å². The van der Waals surface area contributed by atoms with Gasteiger partial charge in [0.2, 0.25) is 0 Å². The predicted molar refractivity (Wildman–Crippen MR) is 67.3 cm³/mol. The molecule has 1 aromatic rings. The summed E-state index contributed by atoms with van der Waals surface area (Å²) in [7, 11) is 0. The van der Waals surface area contributed by atoms with Gasteiger partial charge in [-0.2, -0.15) is 0 Å². The number of nitrogens with zero attached hydrogens (tertiary/aromatic N) is 1. The molecule has 1 unspecified atom stereocenters. The van der Waals surface area contributed by atoms with Crippen LogP contribution in [0.4, 0.5) is 0 Å². The summed E-state index contributed by atoms with van der Waals surface area (Å²) in [6, 6.07) is 5.30. The highest BCUT2D eigenvalue weighted by Gasteiger charge is 2.34. The lowest BCUT2D eigenvalue weighted by Crippen LogP contribution is -2.33. The van der Waals surface area contributed by atoms with Gasteiger partial charge in [-0.1, -0.05) is 17.7 Å². The van der Waals surface area contributed by atoms with E-state index in [1.54, 1.807) is 24.0 Å². The third kappa shape index (κ3) is 2.61. The van der Waals surface area contributed by atoms with Crippen LogP contribution in [0.15, 0.2) is 18.2 Å². The molecule has 4 heteroatoms. The highest BCUT2D eigenvalue weighted by Crippen LogP contribution is 2.23. The first-order valence-electron chi connectivity index (χ1n) is 5.67. The Labute approximate surface area is 106 Å². The Bertz CT molecular complexity index is 457. The van der Waals surface area contributed by atoms with Crippen LogP contribution < -0.4 is 0 Å². The lowest BCUT2D eigenvalue weighted by atomic mass is 10.1.